The van der Waals surface area contributed by atoms with E-state index < -0.39 is 41.0 Å². The Morgan fingerprint density at radius 3 is 2.13 bits per heavy atom. The molecule has 158 valence electrons. The predicted octanol–water partition coefficient (Wildman–Crippen LogP) is 5.36. The van der Waals surface area contributed by atoms with Gasteiger partial charge in [0.15, 0.2) is 11.5 Å². The SMILES string of the molecule is CC(C)CC(=O)C1=C(O)C(=O)N(c2ccc(C(F)(F)F)cc2)C1c1ccc(F)cc1. The number of hydrogen-bond acceptors (Lipinski definition) is 3. The second kappa shape index (κ2) is 7.93. The number of Topliss-reactive ketones (excluding diaryl/α,β-unsaturated/α-hetero) is 1. The van der Waals surface area contributed by atoms with E-state index >= 15 is 0 Å². The van der Waals surface area contributed by atoms with Gasteiger partial charge in [0.1, 0.15) is 5.82 Å². The quantitative estimate of drug-likeness (QED) is 0.662. The number of ketones is 1. The number of amides is 1. The number of halogens is 4. The van der Waals surface area contributed by atoms with E-state index in [1.807, 2.05) is 0 Å². The Labute approximate surface area is 170 Å². The number of alkyl halides is 3. The molecule has 1 unspecified atom stereocenters. The van der Waals surface area contributed by atoms with Gasteiger partial charge in [0.05, 0.1) is 17.2 Å². The molecule has 3 rings (SSSR count). The molecule has 0 aromatic heterocycles. The van der Waals surface area contributed by atoms with Crippen LogP contribution in [-0.4, -0.2) is 16.8 Å². The molecule has 4 nitrogen and oxygen atoms in total. The molecule has 0 radical (unpaired) electrons. The van der Waals surface area contributed by atoms with Crippen molar-refractivity contribution in [3.8, 4) is 0 Å². The van der Waals surface area contributed by atoms with Crippen LogP contribution in [0.15, 0.2) is 59.9 Å². The summed E-state index contributed by atoms with van der Waals surface area (Å²) in [6.07, 6.45) is -4.49. The van der Waals surface area contributed by atoms with Gasteiger partial charge in [-0.3, -0.25) is 14.5 Å². The average Bonchev–Trinajstić information content (AvgIpc) is 2.92. The van der Waals surface area contributed by atoms with E-state index in [4.69, 9.17) is 0 Å². The fourth-order valence-corrected chi connectivity index (χ4v) is 3.41. The average molecular weight is 421 g/mol. The summed E-state index contributed by atoms with van der Waals surface area (Å²) in [5.74, 6) is -2.71. The Hall–Kier alpha value is -3.16. The predicted molar refractivity (Wildman–Crippen MR) is 102 cm³/mol. The minimum Gasteiger partial charge on any atom is -0.503 e. The standard InChI is InChI=1S/C22H19F4NO3/c1-12(2)11-17(28)18-19(13-3-7-15(23)8-4-13)27(21(30)20(18)29)16-9-5-14(6-10-16)22(24,25)26/h3-10,12,19,29H,11H2,1-2H3. The molecule has 1 aliphatic rings. The van der Waals surface area contributed by atoms with Crippen LogP contribution in [0.2, 0.25) is 0 Å². The van der Waals surface area contributed by atoms with Gasteiger partial charge in [-0.15, -0.1) is 0 Å². The van der Waals surface area contributed by atoms with Crippen molar-refractivity contribution >= 4 is 17.4 Å². The molecule has 0 bridgehead atoms. The number of aliphatic hydroxyl groups is 1. The van der Waals surface area contributed by atoms with Crippen molar-refractivity contribution in [2.45, 2.75) is 32.5 Å². The number of aliphatic hydroxyl groups excluding tert-OH is 1. The fourth-order valence-electron chi connectivity index (χ4n) is 3.41. The Morgan fingerprint density at radius 2 is 1.63 bits per heavy atom. The highest BCUT2D eigenvalue weighted by Crippen LogP contribution is 2.42. The van der Waals surface area contributed by atoms with Gasteiger partial charge in [0.25, 0.3) is 5.91 Å². The van der Waals surface area contributed by atoms with Gasteiger partial charge in [-0.2, -0.15) is 13.2 Å². The molecule has 8 heteroatoms. The number of carbonyl (C=O) groups excluding carboxylic acids is 2. The number of nitrogens with zero attached hydrogens (tertiary/aromatic N) is 1. The van der Waals surface area contributed by atoms with Crippen molar-refractivity contribution in [1.29, 1.82) is 0 Å². The van der Waals surface area contributed by atoms with E-state index in [2.05, 4.69) is 0 Å². The van der Waals surface area contributed by atoms with Gasteiger partial charge in [0, 0.05) is 12.1 Å². The Balaban J connectivity index is 2.11. The monoisotopic (exact) mass is 421 g/mol. The first-order valence-corrected chi connectivity index (χ1v) is 9.23. The summed E-state index contributed by atoms with van der Waals surface area (Å²) in [5.41, 5.74) is -0.633. The normalized spacial score (nSPS) is 17.2. The second-order valence-electron chi connectivity index (χ2n) is 7.46. The maximum absolute atomic E-state index is 13.4. The molecular weight excluding hydrogens is 402 g/mol. The smallest absolute Gasteiger partial charge is 0.416 e. The zero-order valence-corrected chi connectivity index (χ0v) is 16.2. The lowest BCUT2D eigenvalue weighted by atomic mass is 9.92. The largest absolute Gasteiger partial charge is 0.503 e. The lowest BCUT2D eigenvalue weighted by molar-refractivity contribution is -0.137. The van der Waals surface area contributed by atoms with E-state index in [1.165, 1.54) is 12.1 Å². The summed E-state index contributed by atoms with van der Waals surface area (Å²) in [4.78, 5) is 26.7. The van der Waals surface area contributed by atoms with Crippen LogP contribution in [0.4, 0.5) is 23.2 Å². The molecule has 2 aromatic rings. The molecule has 1 amide bonds. The Bertz CT molecular complexity index is 993. The highest BCUT2D eigenvalue weighted by atomic mass is 19.4. The van der Waals surface area contributed by atoms with Gasteiger partial charge in [0.2, 0.25) is 0 Å². The third kappa shape index (κ3) is 4.08. The van der Waals surface area contributed by atoms with E-state index in [0.717, 1.165) is 41.3 Å². The van der Waals surface area contributed by atoms with Crippen molar-refractivity contribution in [3.63, 3.8) is 0 Å². The Morgan fingerprint density at radius 1 is 1.07 bits per heavy atom. The summed E-state index contributed by atoms with van der Waals surface area (Å²) in [6, 6.07) is 7.76. The summed E-state index contributed by atoms with van der Waals surface area (Å²) in [7, 11) is 0. The van der Waals surface area contributed by atoms with Crippen molar-refractivity contribution in [2.75, 3.05) is 4.90 Å². The van der Waals surface area contributed by atoms with Crippen molar-refractivity contribution < 1.29 is 32.3 Å². The first-order chi connectivity index (χ1) is 14.0. The van der Waals surface area contributed by atoms with Crippen molar-refractivity contribution in [3.05, 3.63) is 76.8 Å². The maximum atomic E-state index is 13.4. The fraction of sp³-hybridized carbons (Fsp3) is 0.273. The summed E-state index contributed by atoms with van der Waals surface area (Å²) in [5, 5.41) is 10.5. The van der Waals surface area contributed by atoms with E-state index in [1.54, 1.807) is 13.8 Å². The van der Waals surface area contributed by atoms with E-state index in [9.17, 15) is 32.3 Å². The molecule has 1 atom stereocenters. The number of hydrogen-bond donors (Lipinski definition) is 1. The molecule has 1 N–H and O–H groups in total. The third-order valence-electron chi connectivity index (χ3n) is 4.76. The third-order valence-corrected chi connectivity index (χ3v) is 4.76. The molecule has 0 saturated carbocycles. The van der Waals surface area contributed by atoms with Crippen LogP contribution >= 0.6 is 0 Å². The molecular formula is C22H19F4NO3. The van der Waals surface area contributed by atoms with Gasteiger partial charge in [-0.25, -0.2) is 4.39 Å². The molecule has 2 aromatic carbocycles. The minimum atomic E-state index is -4.55. The van der Waals surface area contributed by atoms with Gasteiger partial charge in [-0.1, -0.05) is 26.0 Å². The molecule has 0 spiro atoms. The minimum absolute atomic E-state index is 0.0538. The summed E-state index contributed by atoms with van der Waals surface area (Å²) >= 11 is 0. The highest BCUT2D eigenvalue weighted by Gasteiger charge is 2.44. The molecule has 1 aliphatic heterocycles. The van der Waals surface area contributed by atoms with Crippen LogP contribution < -0.4 is 4.90 Å². The summed E-state index contributed by atoms with van der Waals surface area (Å²) in [6.45, 7) is 3.60. The van der Waals surface area contributed by atoms with Crippen LogP contribution in [0.3, 0.4) is 0 Å². The summed E-state index contributed by atoms with van der Waals surface area (Å²) < 4.78 is 52.1. The second-order valence-corrected chi connectivity index (χ2v) is 7.46. The van der Waals surface area contributed by atoms with E-state index in [0.29, 0.717) is 5.56 Å². The topological polar surface area (TPSA) is 57.6 Å². The first-order valence-electron chi connectivity index (χ1n) is 9.23. The zero-order valence-electron chi connectivity index (χ0n) is 16.2. The van der Waals surface area contributed by atoms with Gasteiger partial charge < -0.3 is 5.11 Å². The van der Waals surface area contributed by atoms with Crippen LogP contribution in [-0.2, 0) is 15.8 Å². The van der Waals surface area contributed by atoms with Crippen molar-refractivity contribution in [2.24, 2.45) is 5.92 Å². The van der Waals surface area contributed by atoms with Gasteiger partial charge in [-0.05, 0) is 47.9 Å². The van der Waals surface area contributed by atoms with Gasteiger partial charge >= 0.3 is 6.18 Å². The maximum Gasteiger partial charge on any atom is 0.416 e. The molecule has 30 heavy (non-hydrogen) atoms. The van der Waals surface area contributed by atoms with Crippen LogP contribution in [0.1, 0.15) is 37.4 Å². The van der Waals surface area contributed by atoms with Crippen LogP contribution in [0, 0.1) is 11.7 Å². The van der Waals surface area contributed by atoms with Crippen LogP contribution in [0.25, 0.3) is 0 Å². The number of anilines is 1. The zero-order chi connectivity index (χ0) is 22.2. The first kappa shape index (κ1) is 21.5. The van der Waals surface area contributed by atoms with E-state index in [-0.39, 0.29) is 23.6 Å². The number of carbonyl (C=O) groups is 2. The lowest BCUT2D eigenvalue weighted by Gasteiger charge is -2.27. The van der Waals surface area contributed by atoms with Crippen LogP contribution in [0.5, 0.6) is 0 Å². The number of benzene rings is 2. The molecule has 1 heterocycles. The van der Waals surface area contributed by atoms with Crippen molar-refractivity contribution in [1.82, 2.24) is 0 Å². The molecule has 0 aliphatic carbocycles. The molecule has 0 fully saturated rings. The molecule has 0 saturated heterocycles. The lowest BCUT2D eigenvalue weighted by Crippen LogP contribution is -2.31. The highest BCUT2D eigenvalue weighted by molar-refractivity contribution is 6.16. The number of rotatable bonds is 5. The Kier molecular flexibility index (Phi) is 5.70.